The van der Waals surface area contributed by atoms with Gasteiger partial charge in [-0.05, 0) is 12.8 Å². The summed E-state index contributed by atoms with van der Waals surface area (Å²) >= 11 is 0. The van der Waals surface area contributed by atoms with Gasteiger partial charge in [0.2, 0.25) is 0 Å². The second-order valence-corrected chi connectivity index (χ2v) is 3.49. The molecule has 5 heteroatoms. The van der Waals surface area contributed by atoms with Crippen LogP contribution in [0, 0.1) is 17.5 Å². The molecular formula is C10H8F3NO. The van der Waals surface area contributed by atoms with Gasteiger partial charge < -0.3 is 5.32 Å². The van der Waals surface area contributed by atoms with E-state index >= 15 is 0 Å². The summed E-state index contributed by atoms with van der Waals surface area (Å²) in [5.41, 5.74) is -0.719. The van der Waals surface area contributed by atoms with Crippen molar-refractivity contribution >= 4 is 5.91 Å². The second kappa shape index (κ2) is 3.56. The molecule has 1 N–H and O–H groups in total. The largest absolute Gasteiger partial charge is 0.349 e. The predicted molar refractivity (Wildman–Crippen MR) is 46.8 cm³/mol. The molecule has 1 aliphatic rings. The van der Waals surface area contributed by atoms with Gasteiger partial charge in [0.15, 0.2) is 0 Å². The highest BCUT2D eigenvalue weighted by Gasteiger charge is 2.27. The Bertz CT molecular complexity index is 392. The van der Waals surface area contributed by atoms with Crippen LogP contribution < -0.4 is 5.32 Å². The number of hydrogen-bond acceptors (Lipinski definition) is 1. The van der Waals surface area contributed by atoms with Crippen LogP contribution in [0.5, 0.6) is 0 Å². The lowest BCUT2D eigenvalue weighted by Gasteiger charge is -2.05. The van der Waals surface area contributed by atoms with Crippen LogP contribution in [0.1, 0.15) is 23.2 Å². The van der Waals surface area contributed by atoms with Gasteiger partial charge in [-0.3, -0.25) is 4.79 Å². The Morgan fingerprint density at radius 3 is 2.20 bits per heavy atom. The maximum atomic E-state index is 13.1. The van der Waals surface area contributed by atoms with Crippen molar-refractivity contribution in [3.05, 3.63) is 35.1 Å². The highest BCUT2D eigenvalue weighted by Crippen LogP contribution is 2.21. The number of halogens is 3. The fraction of sp³-hybridized carbons (Fsp3) is 0.300. The van der Waals surface area contributed by atoms with Crippen LogP contribution in [-0.2, 0) is 0 Å². The van der Waals surface area contributed by atoms with Crippen molar-refractivity contribution < 1.29 is 18.0 Å². The van der Waals surface area contributed by atoms with Crippen LogP contribution >= 0.6 is 0 Å². The van der Waals surface area contributed by atoms with Gasteiger partial charge in [-0.15, -0.1) is 0 Å². The van der Waals surface area contributed by atoms with Crippen molar-refractivity contribution in [1.29, 1.82) is 0 Å². The predicted octanol–water partition coefficient (Wildman–Crippen LogP) is 2.00. The monoisotopic (exact) mass is 215 g/mol. The van der Waals surface area contributed by atoms with E-state index in [2.05, 4.69) is 5.32 Å². The quantitative estimate of drug-likeness (QED) is 0.803. The summed E-state index contributed by atoms with van der Waals surface area (Å²) in [7, 11) is 0. The van der Waals surface area contributed by atoms with Gasteiger partial charge in [0.1, 0.15) is 23.0 Å². The molecule has 0 aliphatic heterocycles. The number of carbonyl (C=O) groups excluding carboxylic acids is 1. The van der Waals surface area contributed by atoms with Crippen molar-refractivity contribution in [2.75, 3.05) is 0 Å². The molecule has 0 radical (unpaired) electrons. The first kappa shape index (κ1) is 10.0. The number of carbonyl (C=O) groups is 1. The third kappa shape index (κ3) is 2.11. The summed E-state index contributed by atoms with van der Waals surface area (Å²) < 4.78 is 38.7. The molecule has 1 aliphatic carbocycles. The number of nitrogens with one attached hydrogen (secondary N) is 1. The standard InChI is InChI=1S/C10H8F3NO/c11-5-3-7(12)9(8(13)4-5)10(15)14-6-1-2-6/h3-4,6H,1-2H2,(H,14,15). The SMILES string of the molecule is O=C(NC1CC1)c1c(F)cc(F)cc1F. The minimum atomic E-state index is -1.18. The normalized spacial score (nSPS) is 15.1. The molecule has 0 unspecified atom stereocenters. The summed E-state index contributed by atoms with van der Waals surface area (Å²) in [6, 6.07) is 0.983. The summed E-state index contributed by atoms with van der Waals surface area (Å²) in [5, 5.41) is 2.43. The molecular weight excluding hydrogens is 207 g/mol. The van der Waals surface area contributed by atoms with E-state index in [0.29, 0.717) is 12.1 Å². The average molecular weight is 215 g/mol. The third-order valence-corrected chi connectivity index (χ3v) is 2.15. The highest BCUT2D eigenvalue weighted by molar-refractivity contribution is 5.95. The summed E-state index contributed by atoms with van der Waals surface area (Å²) in [6.07, 6.45) is 1.63. The Hall–Kier alpha value is -1.52. The fourth-order valence-corrected chi connectivity index (χ4v) is 1.24. The van der Waals surface area contributed by atoms with E-state index in [4.69, 9.17) is 0 Å². The van der Waals surface area contributed by atoms with Crippen LogP contribution in [0.3, 0.4) is 0 Å². The van der Waals surface area contributed by atoms with E-state index in [1.54, 1.807) is 0 Å². The van der Waals surface area contributed by atoms with Gasteiger partial charge in [0.25, 0.3) is 5.91 Å². The average Bonchev–Trinajstić information content (AvgIpc) is 2.85. The molecule has 0 atom stereocenters. The number of benzene rings is 1. The zero-order valence-electron chi connectivity index (χ0n) is 7.69. The number of amides is 1. The molecule has 1 aromatic carbocycles. The second-order valence-electron chi connectivity index (χ2n) is 3.49. The molecule has 1 aromatic rings. The van der Waals surface area contributed by atoms with E-state index in [0.717, 1.165) is 12.8 Å². The Balaban J connectivity index is 2.29. The van der Waals surface area contributed by atoms with Gasteiger partial charge in [-0.2, -0.15) is 0 Å². The summed E-state index contributed by atoms with van der Waals surface area (Å²) in [5.74, 6) is -4.21. The molecule has 1 saturated carbocycles. The van der Waals surface area contributed by atoms with Gasteiger partial charge in [-0.25, -0.2) is 13.2 Å². The Morgan fingerprint density at radius 1 is 1.20 bits per heavy atom. The van der Waals surface area contributed by atoms with Crippen molar-refractivity contribution in [3.8, 4) is 0 Å². The van der Waals surface area contributed by atoms with Crippen LogP contribution in [0.4, 0.5) is 13.2 Å². The molecule has 1 fully saturated rings. The Labute approximate surface area is 84.1 Å². The van der Waals surface area contributed by atoms with E-state index in [-0.39, 0.29) is 6.04 Å². The number of hydrogen-bond donors (Lipinski definition) is 1. The van der Waals surface area contributed by atoms with Crippen LogP contribution in [0.15, 0.2) is 12.1 Å². The van der Waals surface area contributed by atoms with Crippen molar-refractivity contribution in [3.63, 3.8) is 0 Å². The van der Waals surface area contributed by atoms with Gasteiger partial charge in [0, 0.05) is 18.2 Å². The molecule has 15 heavy (non-hydrogen) atoms. The van der Waals surface area contributed by atoms with Crippen molar-refractivity contribution in [2.24, 2.45) is 0 Å². The molecule has 0 aromatic heterocycles. The fourth-order valence-electron chi connectivity index (χ4n) is 1.24. The first-order chi connectivity index (χ1) is 7.08. The molecule has 0 bridgehead atoms. The maximum absolute atomic E-state index is 13.1. The van der Waals surface area contributed by atoms with Gasteiger partial charge >= 0.3 is 0 Å². The van der Waals surface area contributed by atoms with Gasteiger partial charge in [0.05, 0.1) is 0 Å². The molecule has 0 spiro atoms. The smallest absolute Gasteiger partial charge is 0.257 e. The minimum absolute atomic E-state index is 0.00125. The van der Waals surface area contributed by atoms with Crippen LogP contribution in [0.2, 0.25) is 0 Å². The minimum Gasteiger partial charge on any atom is -0.349 e. The molecule has 1 amide bonds. The van der Waals surface area contributed by atoms with E-state index < -0.39 is 28.9 Å². The molecule has 2 nitrogen and oxygen atoms in total. The lowest BCUT2D eigenvalue weighted by molar-refractivity contribution is 0.0942. The summed E-state index contributed by atoms with van der Waals surface area (Å²) in [6.45, 7) is 0. The zero-order chi connectivity index (χ0) is 11.0. The third-order valence-electron chi connectivity index (χ3n) is 2.15. The lowest BCUT2D eigenvalue weighted by Crippen LogP contribution is -2.27. The first-order valence-electron chi connectivity index (χ1n) is 4.53. The zero-order valence-corrected chi connectivity index (χ0v) is 7.69. The van der Waals surface area contributed by atoms with E-state index in [1.165, 1.54) is 0 Å². The topological polar surface area (TPSA) is 29.1 Å². The van der Waals surface area contributed by atoms with E-state index in [9.17, 15) is 18.0 Å². The van der Waals surface area contributed by atoms with Crippen LogP contribution in [0.25, 0.3) is 0 Å². The molecule has 2 rings (SSSR count). The van der Waals surface area contributed by atoms with Crippen LogP contribution in [-0.4, -0.2) is 11.9 Å². The Morgan fingerprint density at radius 2 is 1.73 bits per heavy atom. The highest BCUT2D eigenvalue weighted by atomic mass is 19.1. The van der Waals surface area contributed by atoms with Crippen molar-refractivity contribution in [2.45, 2.75) is 18.9 Å². The number of rotatable bonds is 2. The molecule has 0 saturated heterocycles. The van der Waals surface area contributed by atoms with E-state index in [1.807, 2.05) is 0 Å². The van der Waals surface area contributed by atoms with Gasteiger partial charge in [-0.1, -0.05) is 0 Å². The molecule has 0 heterocycles. The molecule has 80 valence electrons. The summed E-state index contributed by atoms with van der Waals surface area (Å²) in [4.78, 5) is 11.3. The lowest BCUT2D eigenvalue weighted by atomic mass is 10.2. The first-order valence-corrected chi connectivity index (χ1v) is 4.53. The maximum Gasteiger partial charge on any atom is 0.257 e. The Kier molecular flexibility index (Phi) is 2.38. The van der Waals surface area contributed by atoms with Crippen molar-refractivity contribution in [1.82, 2.24) is 5.32 Å².